The van der Waals surface area contributed by atoms with E-state index in [-0.39, 0.29) is 5.69 Å². The normalized spacial score (nSPS) is 11.6. The van der Waals surface area contributed by atoms with E-state index in [1.807, 2.05) is 12.0 Å². The predicted molar refractivity (Wildman–Crippen MR) is 60.2 cm³/mol. The van der Waals surface area contributed by atoms with Crippen LogP contribution in [-0.4, -0.2) is 16.8 Å². The molecule has 0 unspecified atom stereocenters. The molecule has 1 aromatic heterocycles. The molecule has 0 radical (unpaired) electrons. The van der Waals surface area contributed by atoms with E-state index in [9.17, 15) is 13.2 Å². The molecule has 1 heterocycles. The largest absolute Gasteiger partial charge is 0.494 e. The Hall–Kier alpha value is -1.98. The Morgan fingerprint density at radius 1 is 1.28 bits per heavy atom. The molecule has 0 saturated carbocycles. The number of aromatic amines is 1. The quantitative estimate of drug-likeness (QED) is 0.912. The second-order valence-corrected chi connectivity index (χ2v) is 3.63. The fourth-order valence-corrected chi connectivity index (χ4v) is 1.53. The third-order valence-corrected chi connectivity index (χ3v) is 2.32. The van der Waals surface area contributed by atoms with Gasteiger partial charge >= 0.3 is 6.18 Å². The van der Waals surface area contributed by atoms with Gasteiger partial charge in [-0.25, -0.2) is 0 Å². The fourth-order valence-electron chi connectivity index (χ4n) is 1.53. The smallest absolute Gasteiger partial charge is 0.432 e. The van der Waals surface area contributed by atoms with Gasteiger partial charge in [0.1, 0.15) is 11.4 Å². The van der Waals surface area contributed by atoms with Crippen LogP contribution in [0.5, 0.6) is 5.75 Å². The topological polar surface area (TPSA) is 37.9 Å². The minimum Gasteiger partial charge on any atom is -0.494 e. The molecule has 1 N–H and O–H groups in total. The van der Waals surface area contributed by atoms with Crippen LogP contribution in [0.4, 0.5) is 13.2 Å². The monoisotopic (exact) mass is 256 g/mol. The lowest BCUT2D eigenvalue weighted by molar-refractivity contribution is -0.141. The summed E-state index contributed by atoms with van der Waals surface area (Å²) in [5.41, 5.74) is -0.0455. The molecule has 0 amide bonds. The number of alkyl halides is 3. The van der Waals surface area contributed by atoms with Crippen molar-refractivity contribution in [2.24, 2.45) is 0 Å². The molecule has 2 rings (SSSR count). The average molecular weight is 256 g/mol. The maximum absolute atomic E-state index is 12.4. The Morgan fingerprint density at radius 2 is 2.06 bits per heavy atom. The molecule has 0 fully saturated rings. The molecule has 0 saturated heterocycles. The van der Waals surface area contributed by atoms with Crippen LogP contribution in [0.3, 0.4) is 0 Å². The third-order valence-electron chi connectivity index (χ3n) is 2.32. The highest BCUT2D eigenvalue weighted by atomic mass is 19.4. The molecule has 0 aliphatic rings. The molecular weight excluding hydrogens is 245 g/mol. The highest BCUT2D eigenvalue weighted by Gasteiger charge is 2.33. The van der Waals surface area contributed by atoms with E-state index in [4.69, 9.17) is 4.74 Å². The molecule has 0 bridgehead atoms. The summed E-state index contributed by atoms with van der Waals surface area (Å²) in [5.74, 6) is 0.603. The number of nitrogens with zero attached hydrogens (tertiary/aromatic N) is 1. The van der Waals surface area contributed by atoms with Gasteiger partial charge in [-0.1, -0.05) is 12.1 Å². The lowest BCUT2D eigenvalue weighted by Crippen LogP contribution is -2.04. The first-order chi connectivity index (χ1) is 8.50. The Labute approximate surface area is 102 Å². The van der Waals surface area contributed by atoms with Gasteiger partial charge in [0.25, 0.3) is 0 Å². The molecule has 0 atom stereocenters. The number of halogens is 3. The fraction of sp³-hybridized carbons (Fsp3) is 0.250. The molecule has 2 aromatic rings. The number of aromatic nitrogens is 2. The van der Waals surface area contributed by atoms with E-state index >= 15 is 0 Å². The molecule has 96 valence electrons. The van der Waals surface area contributed by atoms with E-state index < -0.39 is 11.9 Å². The van der Waals surface area contributed by atoms with Crippen LogP contribution < -0.4 is 4.74 Å². The molecule has 1 aromatic carbocycles. The Kier molecular flexibility index (Phi) is 3.27. The van der Waals surface area contributed by atoms with Crippen molar-refractivity contribution in [3.63, 3.8) is 0 Å². The van der Waals surface area contributed by atoms with Gasteiger partial charge in [-0.05, 0) is 25.1 Å². The van der Waals surface area contributed by atoms with Crippen LogP contribution in [0.25, 0.3) is 11.3 Å². The van der Waals surface area contributed by atoms with Crippen molar-refractivity contribution in [1.29, 1.82) is 0 Å². The zero-order chi connectivity index (χ0) is 13.2. The van der Waals surface area contributed by atoms with Crippen LogP contribution in [0.15, 0.2) is 30.3 Å². The van der Waals surface area contributed by atoms with E-state index in [0.29, 0.717) is 17.9 Å². The summed E-state index contributed by atoms with van der Waals surface area (Å²) in [6.07, 6.45) is -4.41. The zero-order valence-electron chi connectivity index (χ0n) is 9.58. The van der Waals surface area contributed by atoms with Crippen molar-refractivity contribution < 1.29 is 17.9 Å². The van der Waals surface area contributed by atoms with Gasteiger partial charge in [0.2, 0.25) is 0 Å². The van der Waals surface area contributed by atoms with E-state index in [1.54, 1.807) is 24.3 Å². The second kappa shape index (κ2) is 4.72. The highest BCUT2D eigenvalue weighted by molar-refractivity contribution is 5.61. The minimum absolute atomic E-state index is 0.240. The van der Waals surface area contributed by atoms with Crippen LogP contribution in [-0.2, 0) is 6.18 Å². The van der Waals surface area contributed by atoms with Gasteiger partial charge in [-0.2, -0.15) is 18.3 Å². The summed E-state index contributed by atoms with van der Waals surface area (Å²) in [6.45, 7) is 2.33. The second-order valence-electron chi connectivity index (χ2n) is 3.63. The van der Waals surface area contributed by atoms with Gasteiger partial charge in [0.05, 0.1) is 12.3 Å². The van der Waals surface area contributed by atoms with Crippen molar-refractivity contribution in [3.8, 4) is 17.0 Å². The van der Waals surface area contributed by atoms with Gasteiger partial charge in [-0.3, -0.25) is 5.10 Å². The first-order valence-electron chi connectivity index (χ1n) is 5.36. The van der Waals surface area contributed by atoms with Gasteiger partial charge < -0.3 is 4.74 Å². The Bertz CT molecular complexity index is 534. The first kappa shape index (κ1) is 12.5. The van der Waals surface area contributed by atoms with E-state index in [0.717, 1.165) is 6.07 Å². The molecule has 0 spiro atoms. The van der Waals surface area contributed by atoms with Crippen molar-refractivity contribution in [2.75, 3.05) is 6.61 Å². The van der Waals surface area contributed by atoms with Crippen molar-refractivity contribution in [1.82, 2.24) is 10.2 Å². The van der Waals surface area contributed by atoms with Crippen LogP contribution in [0.1, 0.15) is 12.6 Å². The van der Waals surface area contributed by atoms with Gasteiger partial charge in [-0.15, -0.1) is 0 Å². The van der Waals surface area contributed by atoms with Crippen LogP contribution >= 0.6 is 0 Å². The van der Waals surface area contributed by atoms with Crippen molar-refractivity contribution in [2.45, 2.75) is 13.1 Å². The standard InChI is InChI=1S/C12H11F3N2O/c1-2-18-9-5-3-4-8(6-9)10-7-11(17-16-10)12(13,14)15/h3-7H,2H2,1H3,(H,16,17). The first-order valence-corrected chi connectivity index (χ1v) is 5.36. The Morgan fingerprint density at radius 3 is 2.67 bits per heavy atom. The molecular formula is C12H11F3N2O. The SMILES string of the molecule is CCOc1cccc(-c2cc(C(F)(F)F)[nH]n2)c1. The number of H-pyrrole nitrogens is 1. The number of rotatable bonds is 3. The predicted octanol–water partition coefficient (Wildman–Crippen LogP) is 3.49. The van der Waals surface area contributed by atoms with Crippen molar-refractivity contribution in [3.05, 3.63) is 36.0 Å². The lowest BCUT2D eigenvalue weighted by Gasteiger charge is -2.04. The molecule has 0 aliphatic carbocycles. The van der Waals surface area contributed by atoms with Gasteiger partial charge in [0, 0.05) is 5.56 Å². The third kappa shape index (κ3) is 2.64. The minimum atomic E-state index is -4.41. The van der Waals surface area contributed by atoms with Gasteiger partial charge in [0.15, 0.2) is 0 Å². The Balaban J connectivity index is 2.31. The molecule has 0 aliphatic heterocycles. The number of hydrogen-bond acceptors (Lipinski definition) is 2. The summed E-state index contributed by atoms with van der Waals surface area (Å²) in [6, 6.07) is 7.76. The summed E-state index contributed by atoms with van der Waals surface area (Å²) in [7, 11) is 0. The van der Waals surface area contributed by atoms with Crippen LogP contribution in [0, 0.1) is 0 Å². The zero-order valence-corrected chi connectivity index (χ0v) is 9.58. The summed E-state index contributed by atoms with van der Waals surface area (Å²) in [4.78, 5) is 0. The number of hydrogen-bond donors (Lipinski definition) is 1. The summed E-state index contributed by atoms with van der Waals surface area (Å²) >= 11 is 0. The molecule has 6 heteroatoms. The lowest BCUT2D eigenvalue weighted by atomic mass is 10.1. The molecule has 3 nitrogen and oxygen atoms in total. The maximum atomic E-state index is 12.4. The number of nitrogens with one attached hydrogen (secondary N) is 1. The highest BCUT2D eigenvalue weighted by Crippen LogP contribution is 2.31. The molecule has 18 heavy (non-hydrogen) atoms. The van der Waals surface area contributed by atoms with Crippen molar-refractivity contribution >= 4 is 0 Å². The maximum Gasteiger partial charge on any atom is 0.432 e. The summed E-state index contributed by atoms with van der Waals surface area (Å²) < 4.78 is 42.5. The van der Waals surface area contributed by atoms with E-state index in [1.165, 1.54) is 0 Å². The van der Waals surface area contributed by atoms with Crippen LogP contribution in [0.2, 0.25) is 0 Å². The average Bonchev–Trinajstić information content (AvgIpc) is 2.78. The summed E-state index contributed by atoms with van der Waals surface area (Å²) in [5, 5.41) is 5.63. The number of benzene rings is 1. The number of ether oxygens (including phenoxy) is 1. The van der Waals surface area contributed by atoms with E-state index in [2.05, 4.69) is 5.10 Å².